The molecule has 0 aliphatic heterocycles. The molecule has 0 radical (unpaired) electrons. The molecular formula is C63H110O6. The zero-order valence-electron chi connectivity index (χ0n) is 45.6. The Morgan fingerprint density at radius 1 is 0.290 bits per heavy atom. The Labute approximate surface area is 427 Å². The lowest BCUT2D eigenvalue weighted by Crippen LogP contribution is -2.30. The van der Waals surface area contributed by atoms with Gasteiger partial charge in [-0.3, -0.25) is 14.4 Å². The number of carbonyl (C=O) groups is 3. The smallest absolute Gasteiger partial charge is 0.306 e. The highest BCUT2D eigenvalue weighted by molar-refractivity contribution is 5.71. The van der Waals surface area contributed by atoms with E-state index in [1.165, 1.54) is 154 Å². The molecule has 0 aromatic heterocycles. The quantitative estimate of drug-likeness (QED) is 0.0199. The predicted octanol–water partition coefficient (Wildman–Crippen LogP) is 19.8. The molecule has 69 heavy (non-hydrogen) atoms. The van der Waals surface area contributed by atoms with Crippen LogP contribution in [0, 0.1) is 0 Å². The van der Waals surface area contributed by atoms with Crippen molar-refractivity contribution in [2.24, 2.45) is 0 Å². The Morgan fingerprint density at radius 2 is 0.565 bits per heavy atom. The molecular weight excluding hydrogens is 853 g/mol. The van der Waals surface area contributed by atoms with Crippen LogP contribution in [-0.4, -0.2) is 37.2 Å². The molecule has 0 aliphatic rings. The van der Waals surface area contributed by atoms with Gasteiger partial charge in [-0.1, -0.05) is 280 Å². The van der Waals surface area contributed by atoms with Crippen LogP contribution in [0.15, 0.2) is 72.9 Å². The first kappa shape index (κ1) is 65.8. The van der Waals surface area contributed by atoms with Gasteiger partial charge in [0.1, 0.15) is 13.2 Å². The number of hydrogen-bond acceptors (Lipinski definition) is 6. The molecule has 0 aliphatic carbocycles. The van der Waals surface area contributed by atoms with Gasteiger partial charge in [0.15, 0.2) is 6.10 Å². The van der Waals surface area contributed by atoms with Crippen LogP contribution in [0.5, 0.6) is 0 Å². The molecule has 1 atom stereocenters. The van der Waals surface area contributed by atoms with E-state index in [2.05, 4.69) is 69.4 Å². The standard InChI is InChI=1S/C63H110O6/c1-4-7-10-13-16-19-22-25-28-30-32-34-35-38-41-44-47-50-53-56-62(65)68-59-60(58-67-61(64)55-52-49-46-43-40-37-27-24-21-18-15-12-9-6-3)69-63(66)57-54-51-48-45-42-39-36-33-31-29-26-23-20-17-14-11-8-5-2/h11,14,17,20,23,26,29,31,33,36-37,40,60H,4-10,12-13,15-16,18-19,21-22,24-25,27-28,30,32,34-35,38-39,41-59H2,1-3H3/b14-11-,20-17-,26-23-,31-29-,36-33-,40-37-. The summed E-state index contributed by atoms with van der Waals surface area (Å²) >= 11 is 0. The third-order valence-electron chi connectivity index (χ3n) is 12.8. The number of allylic oxidation sites excluding steroid dienone is 12. The Kier molecular flexibility index (Phi) is 54.8. The van der Waals surface area contributed by atoms with Gasteiger partial charge in [0.05, 0.1) is 0 Å². The lowest BCUT2D eigenvalue weighted by atomic mass is 10.0. The van der Waals surface area contributed by atoms with Gasteiger partial charge in [-0.25, -0.2) is 0 Å². The minimum atomic E-state index is -0.794. The summed E-state index contributed by atoms with van der Waals surface area (Å²) in [5.41, 5.74) is 0. The number of rotatable bonds is 53. The molecule has 0 aromatic carbocycles. The van der Waals surface area contributed by atoms with E-state index < -0.39 is 6.10 Å². The third kappa shape index (κ3) is 55.6. The van der Waals surface area contributed by atoms with E-state index in [4.69, 9.17) is 14.2 Å². The number of carbonyl (C=O) groups excluding carboxylic acids is 3. The average molecular weight is 964 g/mol. The fraction of sp³-hybridized carbons (Fsp3) is 0.762. The first-order chi connectivity index (χ1) is 34.0. The van der Waals surface area contributed by atoms with Gasteiger partial charge < -0.3 is 14.2 Å². The van der Waals surface area contributed by atoms with Crippen molar-refractivity contribution < 1.29 is 28.6 Å². The Hall–Kier alpha value is -3.15. The minimum absolute atomic E-state index is 0.0884. The van der Waals surface area contributed by atoms with E-state index in [1.807, 2.05) is 24.3 Å². The summed E-state index contributed by atoms with van der Waals surface area (Å²) in [6, 6.07) is 0. The van der Waals surface area contributed by atoms with E-state index in [0.29, 0.717) is 19.3 Å². The second kappa shape index (κ2) is 57.4. The summed E-state index contributed by atoms with van der Waals surface area (Å²) < 4.78 is 16.9. The van der Waals surface area contributed by atoms with Gasteiger partial charge in [-0.05, 0) is 64.2 Å². The van der Waals surface area contributed by atoms with Crippen LogP contribution in [0.4, 0.5) is 0 Å². The second-order valence-electron chi connectivity index (χ2n) is 19.7. The van der Waals surface area contributed by atoms with Gasteiger partial charge in [-0.2, -0.15) is 0 Å². The lowest BCUT2D eigenvalue weighted by molar-refractivity contribution is -0.167. The van der Waals surface area contributed by atoms with Crippen LogP contribution in [0.1, 0.15) is 290 Å². The topological polar surface area (TPSA) is 78.9 Å². The number of ether oxygens (including phenoxy) is 3. The van der Waals surface area contributed by atoms with Crippen LogP contribution in [0.25, 0.3) is 0 Å². The molecule has 0 saturated heterocycles. The average Bonchev–Trinajstić information content (AvgIpc) is 3.35. The van der Waals surface area contributed by atoms with Crippen LogP contribution in [-0.2, 0) is 28.6 Å². The van der Waals surface area contributed by atoms with Crippen LogP contribution in [0.2, 0.25) is 0 Å². The second-order valence-corrected chi connectivity index (χ2v) is 19.7. The summed E-state index contributed by atoms with van der Waals surface area (Å²) in [6.07, 6.45) is 73.2. The van der Waals surface area contributed by atoms with E-state index in [1.54, 1.807) is 0 Å². The molecule has 0 heterocycles. The normalized spacial score (nSPS) is 12.6. The maximum atomic E-state index is 12.9. The monoisotopic (exact) mass is 963 g/mol. The number of esters is 3. The zero-order valence-corrected chi connectivity index (χ0v) is 45.6. The summed E-state index contributed by atoms with van der Waals surface area (Å²) in [6.45, 7) is 6.54. The lowest BCUT2D eigenvalue weighted by Gasteiger charge is -2.18. The molecule has 0 spiro atoms. The first-order valence-corrected chi connectivity index (χ1v) is 29.5. The van der Waals surface area contributed by atoms with Gasteiger partial charge in [-0.15, -0.1) is 0 Å². The summed E-state index contributed by atoms with van der Waals surface area (Å²) in [5, 5.41) is 0. The first-order valence-electron chi connectivity index (χ1n) is 29.5. The van der Waals surface area contributed by atoms with E-state index in [9.17, 15) is 14.4 Å². The highest BCUT2D eigenvalue weighted by Gasteiger charge is 2.19. The highest BCUT2D eigenvalue weighted by atomic mass is 16.6. The predicted molar refractivity (Wildman–Crippen MR) is 298 cm³/mol. The molecule has 0 bridgehead atoms. The number of unbranched alkanes of at least 4 members (excludes halogenated alkanes) is 34. The molecule has 6 heteroatoms. The fourth-order valence-electron chi connectivity index (χ4n) is 8.35. The van der Waals surface area contributed by atoms with Crippen LogP contribution >= 0.6 is 0 Å². The molecule has 0 aromatic rings. The highest BCUT2D eigenvalue weighted by Crippen LogP contribution is 2.16. The van der Waals surface area contributed by atoms with Crippen molar-refractivity contribution in [1.82, 2.24) is 0 Å². The summed E-state index contributed by atoms with van der Waals surface area (Å²) in [5.74, 6) is -0.919. The summed E-state index contributed by atoms with van der Waals surface area (Å²) in [4.78, 5) is 38.2. The van der Waals surface area contributed by atoms with Crippen LogP contribution in [0.3, 0.4) is 0 Å². The molecule has 398 valence electrons. The molecule has 0 N–H and O–H groups in total. The largest absolute Gasteiger partial charge is 0.462 e. The zero-order chi connectivity index (χ0) is 50.0. The van der Waals surface area contributed by atoms with Crippen molar-refractivity contribution in [3.05, 3.63) is 72.9 Å². The summed E-state index contributed by atoms with van der Waals surface area (Å²) in [7, 11) is 0. The number of hydrogen-bond donors (Lipinski definition) is 0. The van der Waals surface area contributed by atoms with Crippen molar-refractivity contribution >= 4 is 17.9 Å². The Morgan fingerprint density at radius 3 is 0.928 bits per heavy atom. The van der Waals surface area contributed by atoms with Crippen LogP contribution < -0.4 is 0 Å². The van der Waals surface area contributed by atoms with Gasteiger partial charge in [0.25, 0.3) is 0 Å². The molecule has 0 fully saturated rings. The Balaban J connectivity index is 4.41. The molecule has 0 amide bonds. The Bertz CT molecular complexity index is 1290. The van der Waals surface area contributed by atoms with Crippen molar-refractivity contribution in [3.63, 3.8) is 0 Å². The van der Waals surface area contributed by atoms with Gasteiger partial charge in [0.2, 0.25) is 0 Å². The molecule has 1 unspecified atom stereocenters. The minimum Gasteiger partial charge on any atom is -0.462 e. The van der Waals surface area contributed by atoms with Gasteiger partial charge >= 0.3 is 17.9 Å². The van der Waals surface area contributed by atoms with Gasteiger partial charge in [0, 0.05) is 19.3 Å². The molecule has 0 saturated carbocycles. The maximum Gasteiger partial charge on any atom is 0.306 e. The SMILES string of the molecule is CCC\C=C/C=C\C=C/C=C\C=C/CCCCCCCC(=O)OC(COC(=O)CCCCC/C=C\CCCCCCCCC)COC(=O)CCCCCCCCCCCCCCCCCCCCC. The van der Waals surface area contributed by atoms with E-state index in [0.717, 1.165) is 96.3 Å². The molecule has 0 rings (SSSR count). The fourth-order valence-corrected chi connectivity index (χ4v) is 8.35. The van der Waals surface area contributed by atoms with Crippen molar-refractivity contribution in [2.45, 2.75) is 297 Å². The maximum absolute atomic E-state index is 12.9. The van der Waals surface area contributed by atoms with Crippen molar-refractivity contribution in [2.75, 3.05) is 13.2 Å². The van der Waals surface area contributed by atoms with Crippen molar-refractivity contribution in [1.29, 1.82) is 0 Å². The van der Waals surface area contributed by atoms with Crippen molar-refractivity contribution in [3.8, 4) is 0 Å². The van der Waals surface area contributed by atoms with E-state index >= 15 is 0 Å². The molecule has 6 nitrogen and oxygen atoms in total. The van der Waals surface area contributed by atoms with E-state index in [-0.39, 0.29) is 31.1 Å². The third-order valence-corrected chi connectivity index (χ3v) is 12.8.